The van der Waals surface area contributed by atoms with Gasteiger partial charge in [-0.1, -0.05) is 0 Å². The number of halogens is 2. The van der Waals surface area contributed by atoms with E-state index in [4.69, 9.17) is 4.74 Å². The molecule has 112 valence electrons. The zero-order chi connectivity index (χ0) is 14.7. The van der Waals surface area contributed by atoms with Gasteiger partial charge in [-0.15, -0.1) is 0 Å². The van der Waals surface area contributed by atoms with Crippen molar-refractivity contribution in [2.24, 2.45) is 0 Å². The van der Waals surface area contributed by atoms with Crippen LogP contribution in [-0.4, -0.2) is 41.8 Å². The van der Waals surface area contributed by atoms with Crippen LogP contribution in [0.1, 0.15) is 31.9 Å². The molecule has 20 heavy (non-hydrogen) atoms. The summed E-state index contributed by atoms with van der Waals surface area (Å²) < 4.78 is 31.8. The molecule has 1 saturated heterocycles. The summed E-state index contributed by atoms with van der Waals surface area (Å²) in [5.74, 6) is -1.32. The van der Waals surface area contributed by atoms with Crippen molar-refractivity contribution in [2.45, 2.75) is 38.5 Å². The Morgan fingerprint density at radius 2 is 1.95 bits per heavy atom. The van der Waals surface area contributed by atoms with Gasteiger partial charge in [0.1, 0.15) is 11.6 Å². The third kappa shape index (κ3) is 3.98. The van der Waals surface area contributed by atoms with Crippen LogP contribution in [0.3, 0.4) is 0 Å². The molecule has 1 N–H and O–H groups in total. The maximum atomic E-state index is 13.1. The Labute approximate surface area is 118 Å². The number of nitrogens with zero attached hydrogens (tertiary/aromatic N) is 1. The van der Waals surface area contributed by atoms with Crippen molar-refractivity contribution in [3.63, 3.8) is 0 Å². The monoisotopic (exact) mass is 285 g/mol. The minimum absolute atomic E-state index is 0.176. The van der Waals surface area contributed by atoms with Gasteiger partial charge in [-0.2, -0.15) is 0 Å². The largest absolute Gasteiger partial charge is 0.388 e. The Bertz CT molecular complexity index is 435. The first-order chi connectivity index (χ1) is 9.45. The van der Waals surface area contributed by atoms with Crippen molar-refractivity contribution < 1.29 is 18.6 Å². The first-order valence-electron chi connectivity index (χ1n) is 6.95. The topological polar surface area (TPSA) is 32.7 Å². The molecule has 0 aromatic heterocycles. The van der Waals surface area contributed by atoms with Gasteiger partial charge in [0.2, 0.25) is 0 Å². The van der Waals surface area contributed by atoms with E-state index in [9.17, 15) is 13.9 Å². The van der Waals surface area contributed by atoms with Crippen LogP contribution >= 0.6 is 0 Å². The lowest BCUT2D eigenvalue weighted by molar-refractivity contribution is -0.0527. The molecule has 0 aliphatic carbocycles. The fourth-order valence-electron chi connectivity index (χ4n) is 2.51. The van der Waals surface area contributed by atoms with Gasteiger partial charge in [-0.25, -0.2) is 8.78 Å². The maximum Gasteiger partial charge on any atom is 0.126 e. The molecule has 5 heteroatoms. The average molecular weight is 285 g/mol. The lowest BCUT2D eigenvalue weighted by atomic mass is 10.1. The number of rotatable bonds is 4. The maximum absolute atomic E-state index is 13.1. The molecule has 3 atom stereocenters. The summed E-state index contributed by atoms with van der Waals surface area (Å²) in [6.45, 7) is 6.24. The van der Waals surface area contributed by atoms with Gasteiger partial charge in [-0.05, 0) is 38.0 Å². The van der Waals surface area contributed by atoms with Gasteiger partial charge in [0.15, 0.2) is 0 Å². The van der Waals surface area contributed by atoms with Gasteiger partial charge in [0, 0.05) is 25.2 Å². The lowest BCUT2D eigenvalue weighted by Gasteiger charge is -2.37. The first-order valence-corrected chi connectivity index (χ1v) is 6.95. The summed E-state index contributed by atoms with van der Waals surface area (Å²) in [5, 5.41) is 10.1. The average Bonchev–Trinajstić information content (AvgIpc) is 2.38. The highest BCUT2D eigenvalue weighted by Gasteiger charge is 2.24. The Kier molecular flexibility index (Phi) is 5.07. The van der Waals surface area contributed by atoms with Crippen molar-refractivity contribution in [3.05, 3.63) is 35.4 Å². The van der Waals surface area contributed by atoms with E-state index in [0.29, 0.717) is 25.6 Å². The Morgan fingerprint density at radius 1 is 1.30 bits per heavy atom. The van der Waals surface area contributed by atoms with Crippen LogP contribution in [0, 0.1) is 11.6 Å². The highest BCUT2D eigenvalue weighted by molar-refractivity contribution is 5.20. The van der Waals surface area contributed by atoms with Crippen molar-refractivity contribution in [3.8, 4) is 0 Å². The van der Waals surface area contributed by atoms with Crippen molar-refractivity contribution in [1.29, 1.82) is 0 Å². The standard InChI is InChI=1S/C15H21F2NO2/c1-10-9-20-11(2)8-18(10)4-3-15(19)12-5-13(16)7-14(17)6-12/h5-7,10-11,15,19H,3-4,8-9H2,1-2H3. The van der Waals surface area contributed by atoms with Crippen LogP contribution in [0.15, 0.2) is 18.2 Å². The van der Waals surface area contributed by atoms with Gasteiger partial charge in [0.25, 0.3) is 0 Å². The molecule has 1 aromatic rings. The third-order valence-corrected chi connectivity index (χ3v) is 3.70. The molecule has 2 rings (SSSR count). The number of morpholine rings is 1. The summed E-state index contributed by atoms with van der Waals surface area (Å²) in [5.41, 5.74) is 0.288. The highest BCUT2D eigenvalue weighted by atomic mass is 19.1. The molecule has 1 aliphatic heterocycles. The van der Waals surface area contributed by atoms with Crippen LogP contribution < -0.4 is 0 Å². The second-order valence-electron chi connectivity index (χ2n) is 5.50. The number of benzene rings is 1. The smallest absolute Gasteiger partial charge is 0.126 e. The number of hydrogen-bond donors (Lipinski definition) is 1. The summed E-state index contributed by atoms with van der Waals surface area (Å²) in [4.78, 5) is 2.23. The van der Waals surface area contributed by atoms with Crippen molar-refractivity contribution >= 4 is 0 Å². The second kappa shape index (κ2) is 6.61. The van der Waals surface area contributed by atoms with E-state index in [1.807, 2.05) is 6.92 Å². The minimum atomic E-state index is -0.856. The molecule has 0 bridgehead atoms. The number of aliphatic hydroxyl groups excluding tert-OH is 1. The summed E-state index contributed by atoms with van der Waals surface area (Å²) >= 11 is 0. The Balaban J connectivity index is 1.92. The number of ether oxygens (including phenoxy) is 1. The fraction of sp³-hybridized carbons (Fsp3) is 0.600. The zero-order valence-corrected chi connectivity index (χ0v) is 11.9. The Hall–Kier alpha value is -1.04. The predicted octanol–water partition coefficient (Wildman–Crippen LogP) is 2.50. The van der Waals surface area contributed by atoms with E-state index in [2.05, 4.69) is 11.8 Å². The quantitative estimate of drug-likeness (QED) is 0.922. The molecule has 1 heterocycles. The van der Waals surface area contributed by atoms with E-state index >= 15 is 0 Å². The molecule has 1 aromatic carbocycles. The van der Waals surface area contributed by atoms with Gasteiger partial charge in [-0.3, -0.25) is 4.90 Å². The molecule has 3 unspecified atom stereocenters. The minimum Gasteiger partial charge on any atom is -0.388 e. The third-order valence-electron chi connectivity index (χ3n) is 3.70. The summed E-state index contributed by atoms with van der Waals surface area (Å²) in [6, 6.07) is 3.46. The van der Waals surface area contributed by atoms with Crippen LogP contribution in [0.4, 0.5) is 8.78 Å². The fourth-order valence-corrected chi connectivity index (χ4v) is 2.51. The molecule has 1 aliphatic rings. The number of aliphatic hydroxyl groups is 1. The SMILES string of the molecule is CC1CN(CCC(O)c2cc(F)cc(F)c2)C(C)CO1. The molecule has 3 nitrogen and oxygen atoms in total. The Morgan fingerprint density at radius 3 is 2.60 bits per heavy atom. The van der Waals surface area contributed by atoms with Gasteiger partial charge in [0.05, 0.1) is 18.8 Å². The highest BCUT2D eigenvalue weighted by Crippen LogP contribution is 2.21. The van der Waals surface area contributed by atoms with E-state index in [-0.39, 0.29) is 11.7 Å². The summed E-state index contributed by atoms with van der Waals surface area (Å²) in [7, 11) is 0. The predicted molar refractivity (Wildman–Crippen MR) is 72.4 cm³/mol. The molecule has 0 amide bonds. The lowest BCUT2D eigenvalue weighted by Crippen LogP contribution is -2.47. The van der Waals surface area contributed by atoms with Crippen molar-refractivity contribution in [1.82, 2.24) is 4.90 Å². The molecule has 0 radical (unpaired) electrons. The van der Waals surface area contributed by atoms with E-state index in [1.54, 1.807) is 0 Å². The zero-order valence-electron chi connectivity index (χ0n) is 11.9. The van der Waals surface area contributed by atoms with Crippen LogP contribution in [0.2, 0.25) is 0 Å². The number of hydrogen-bond acceptors (Lipinski definition) is 3. The second-order valence-corrected chi connectivity index (χ2v) is 5.50. The van der Waals surface area contributed by atoms with Gasteiger partial charge >= 0.3 is 0 Å². The van der Waals surface area contributed by atoms with Crippen LogP contribution in [-0.2, 0) is 4.74 Å². The van der Waals surface area contributed by atoms with E-state index < -0.39 is 17.7 Å². The molecular weight excluding hydrogens is 264 g/mol. The molecule has 1 fully saturated rings. The molecular formula is C15H21F2NO2. The molecule has 0 saturated carbocycles. The summed E-state index contributed by atoms with van der Waals surface area (Å²) in [6.07, 6.45) is -0.236. The first kappa shape index (κ1) is 15.4. The van der Waals surface area contributed by atoms with E-state index in [0.717, 1.165) is 12.6 Å². The van der Waals surface area contributed by atoms with Crippen molar-refractivity contribution in [2.75, 3.05) is 19.7 Å². The van der Waals surface area contributed by atoms with Gasteiger partial charge < -0.3 is 9.84 Å². The molecule has 0 spiro atoms. The normalized spacial score (nSPS) is 25.6. The van der Waals surface area contributed by atoms with E-state index in [1.165, 1.54) is 12.1 Å². The van der Waals surface area contributed by atoms with Crippen LogP contribution in [0.5, 0.6) is 0 Å². The van der Waals surface area contributed by atoms with Crippen LogP contribution in [0.25, 0.3) is 0 Å².